The van der Waals surface area contributed by atoms with Crippen LogP contribution >= 0.6 is 0 Å². The van der Waals surface area contributed by atoms with E-state index in [0.717, 1.165) is 19.3 Å². The van der Waals surface area contributed by atoms with E-state index in [1.54, 1.807) is 0 Å². The van der Waals surface area contributed by atoms with Crippen molar-refractivity contribution in [2.24, 2.45) is 0 Å². The van der Waals surface area contributed by atoms with Gasteiger partial charge in [-0.25, -0.2) is 0 Å². The van der Waals surface area contributed by atoms with Crippen molar-refractivity contribution in [2.45, 2.75) is 45.6 Å². The molecule has 0 radical (unpaired) electrons. The molecular formula is C10H21NO2. The molecule has 0 aromatic carbocycles. The molecule has 0 aliphatic carbocycles. The monoisotopic (exact) mass is 187 g/mol. The van der Waals surface area contributed by atoms with Crippen LogP contribution in [0.5, 0.6) is 0 Å². The molecule has 0 atom stereocenters. The Kier molecular flexibility index (Phi) is 5.71. The summed E-state index contributed by atoms with van der Waals surface area (Å²) in [7, 11) is 1.53. The third-order valence-electron chi connectivity index (χ3n) is 2.71. The largest absolute Gasteiger partial charge is 0.375 e. The van der Waals surface area contributed by atoms with E-state index in [1.165, 1.54) is 7.11 Å². The van der Waals surface area contributed by atoms with E-state index in [2.05, 4.69) is 26.1 Å². The summed E-state index contributed by atoms with van der Waals surface area (Å²) in [5, 5.41) is 3.02. The van der Waals surface area contributed by atoms with E-state index < -0.39 is 0 Å². The molecule has 0 fully saturated rings. The lowest BCUT2D eigenvalue weighted by Crippen LogP contribution is -2.48. The van der Waals surface area contributed by atoms with Gasteiger partial charge < -0.3 is 10.1 Å². The molecule has 3 nitrogen and oxygen atoms in total. The number of methoxy groups -OCH3 is 1. The minimum absolute atomic E-state index is 0.0203. The highest BCUT2D eigenvalue weighted by Crippen LogP contribution is 2.18. The lowest BCUT2D eigenvalue weighted by atomic mass is 9.90. The maximum absolute atomic E-state index is 11.3. The fraction of sp³-hybridized carbons (Fsp3) is 0.900. The van der Waals surface area contributed by atoms with E-state index >= 15 is 0 Å². The van der Waals surface area contributed by atoms with Crippen LogP contribution in [-0.2, 0) is 9.53 Å². The van der Waals surface area contributed by atoms with Gasteiger partial charge in [-0.3, -0.25) is 4.79 Å². The van der Waals surface area contributed by atoms with E-state index in [0.29, 0.717) is 0 Å². The minimum atomic E-state index is -0.0321. The summed E-state index contributed by atoms with van der Waals surface area (Å²) < 4.78 is 4.77. The molecule has 0 unspecified atom stereocenters. The van der Waals surface area contributed by atoms with Crippen LogP contribution < -0.4 is 5.32 Å². The first-order valence-corrected chi connectivity index (χ1v) is 4.94. The number of hydrogen-bond acceptors (Lipinski definition) is 2. The van der Waals surface area contributed by atoms with E-state index in [1.807, 2.05) is 0 Å². The van der Waals surface area contributed by atoms with Gasteiger partial charge in [-0.2, -0.15) is 0 Å². The smallest absolute Gasteiger partial charge is 0.246 e. The quantitative estimate of drug-likeness (QED) is 0.687. The number of rotatable bonds is 6. The van der Waals surface area contributed by atoms with Gasteiger partial charge in [0.15, 0.2) is 0 Å². The molecule has 0 aromatic heterocycles. The zero-order chi connectivity index (χ0) is 10.3. The third-order valence-corrected chi connectivity index (χ3v) is 2.71. The molecule has 78 valence electrons. The maximum Gasteiger partial charge on any atom is 0.246 e. The molecule has 1 N–H and O–H groups in total. The molecule has 3 heteroatoms. The van der Waals surface area contributed by atoms with Crippen molar-refractivity contribution >= 4 is 5.91 Å². The Balaban J connectivity index is 4.16. The number of ether oxygens (including phenoxy) is 1. The molecule has 0 saturated heterocycles. The fourth-order valence-corrected chi connectivity index (χ4v) is 1.48. The highest BCUT2D eigenvalue weighted by molar-refractivity contribution is 5.78. The normalized spacial score (nSPS) is 11.4. The number of amides is 1. The zero-order valence-corrected chi connectivity index (χ0v) is 9.14. The molecule has 0 aliphatic heterocycles. The predicted octanol–water partition coefficient (Wildman–Crippen LogP) is 1.72. The van der Waals surface area contributed by atoms with Crippen LogP contribution in [0, 0.1) is 0 Å². The highest BCUT2D eigenvalue weighted by atomic mass is 16.5. The Labute approximate surface area is 80.8 Å². The summed E-state index contributed by atoms with van der Waals surface area (Å²) in [5.41, 5.74) is -0.0321. The molecule has 1 amide bonds. The van der Waals surface area contributed by atoms with Gasteiger partial charge in [0.2, 0.25) is 5.91 Å². The molecule has 0 spiro atoms. The maximum atomic E-state index is 11.3. The Morgan fingerprint density at radius 1 is 1.23 bits per heavy atom. The Bertz CT molecular complexity index is 145. The van der Waals surface area contributed by atoms with Gasteiger partial charge in [0.25, 0.3) is 0 Å². The van der Waals surface area contributed by atoms with Gasteiger partial charge in [0.1, 0.15) is 6.61 Å². The van der Waals surface area contributed by atoms with Crippen molar-refractivity contribution in [3.8, 4) is 0 Å². The molecular weight excluding hydrogens is 166 g/mol. The van der Waals surface area contributed by atoms with Gasteiger partial charge in [0.05, 0.1) is 0 Å². The van der Waals surface area contributed by atoms with E-state index in [-0.39, 0.29) is 18.1 Å². The average molecular weight is 187 g/mol. The molecule has 0 aliphatic rings. The van der Waals surface area contributed by atoms with Crippen LogP contribution in [0.1, 0.15) is 40.0 Å². The summed E-state index contributed by atoms with van der Waals surface area (Å²) in [5.74, 6) is -0.0203. The summed E-state index contributed by atoms with van der Waals surface area (Å²) in [6.07, 6.45) is 2.90. The second-order valence-corrected chi connectivity index (χ2v) is 3.32. The van der Waals surface area contributed by atoms with Gasteiger partial charge in [0, 0.05) is 12.6 Å². The van der Waals surface area contributed by atoms with Crippen molar-refractivity contribution in [3.63, 3.8) is 0 Å². The Morgan fingerprint density at radius 2 is 1.69 bits per heavy atom. The second kappa shape index (κ2) is 5.97. The van der Waals surface area contributed by atoms with Crippen molar-refractivity contribution < 1.29 is 9.53 Å². The van der Waals surface area contributed by atoms with Gasteiger partial charge in [-0.1, -0.05) is 20.8 Å². The first kappa shape index (κ1) is 12.4. The molecule has 0 rings (SSSR count). The third kappa shape index (κ3) is 3.77. The van der Waals surface area contributed by atoms with Crippen LogP contribution in [0.4, 0.5) is 0 Å². The lowest BCUT2D eigenvalue weighted by molar-refractivity contribution is -0.126. The lowest BCUT2D eigenvalue weighted by Gasteiger charge is -2.31. The molecule has 0 bridgehead atoms. The van der Waals surface area contributed by atoms with Gasteiger partial charge in [-0.05, 0) is 19.3 Å². The van der Waals surface area contributed by atoms with Crippen molar-refractivity contribution in [1.29, 1.82) is 0 Å². The summed E-state index contributed by atoms with van der Waals surface area (Å²) in [6.45, 7) is 6.45. The summed E-state index contributed by atoms with van der Waals surface area (Å²) in [4.78, 5) is 11.3. The topological polar surface area (TPSA) is 38.3 Å². The molecule has 0 aromatic rings. The second-order valence-electron chi connectivity index (χ2n) is 3.32. The fourth-order valence-electron chi connectivity index (χ4n) is 1.48. The number of carbonyl (C=O) groups excluding carboxylic acids is 1. The zero-order valence-electron chi connectivity index (χ0n) is 9.14. The van der Waals surface area contributed by atoms with Crippen LogP contribution in [0.3, 0.4) is 0 Å². The van der Waals surface area contributed by atoms with E-state index in [4.69, 9.17) is 4.74 Å². The van der Waals surface area contributed by atoms with Crippen LogP contribution in [0.15, 0.2) is 0 Å². The molecule has 0 saturated carbocycles. The Hall–Kier alpha value is -0.570. The number of carbonyl (C=O) groups is 1. The van der Waals surface area contributed by atoms with Crippen LogP contribution in [0.25, 0.3) is 0 Å². The predicted molar refractivity (Wildman–Crippen MR) is 53.6 cm³/mol. The van der Waals surface area contributed by atoms with E-state index in [9.17, 15) is 4.79 Å². The number of hydrogen-bond donors (Lipinski definition) is 1. The standard InChI is InChI=1S/C10H21NO2/c1-5-10(6-2,7-3)11-9(12)8-13-4/h5-8H2,1-4H3,(H,11,12). The summed E-state index contributed by atoms with van der Waals surface area (Å²) in [6, 6.07) is 0. The first-order chi connectivity index (χ1) is 6.14. The number of nitrogens with one attached hydrogen (secondary N) is 1. The van der Waals surface area contributed by atoms with Gasteiger partial charge >= 0.3 is 0 Å². The average Bonchev–Trinajstić information content (AvgIpc) is 2.15. The minimum Gasteiger partial charge on any atom is -0.375 e. The summed E-state index contributed by atoms with van der Waals surface area (Å²) >= 11 is 0. The first-order valence-electron chi connectivity index (χ1n) is 4.94. The van der Waals surface area contributed by atoms with Gasteiger partial charge in [-0.15, -0.1) is 0 Å². The van der Waals surface area contributed by atoms with Crippen molar-refractivity contribution in [3.05, 3.63) is 0 Å². The SMILES string of the molecule is CCC(CC)(CC)NC(=O)COC. The molecule has 0 heterocycles. The van der Waals surface area contributed by atoms with Crippen LogP contribution in [-0.4, -0.2) is 25.2 Å². The van der Waals surface area contributed by atoms with Crippen LogP contribution in [0.2, 0.25) is 0 Å². The highest BCUT2D eigenvalue weighted by Gasteiger charge is 2.25. The molecule has 13 heavy (non-hydrogen) atoms. The Morgan fingerprint density at radius 3 is 2.00 bits per heavy atom. The van der Waals surface area contributed by atoms with Crippen molar-refractivity contribution in [1.82, 2.24) is 5.32 Å². The van der Waals surface area contributed by atoms with Crippen molar-refractivity contribution in [2.75, 3.05) is 13.7 Å².